The maximum absolute atomic E-state index is 12.2. The van der Waals surface area contributed by atoms with Crippen LogP contribution in [0.3, 0.4) is 0 Å². The zero-order valence-electron chi connectivity index (χ0n) is 9.62. The minimum Gasteiger partial charge on any atom is -0.366 e. The third kappa shape index (κ3) is 2.34. The molecule has 0 spiro atoms. The first-order chi connectivity index (χ1) is 8.51. The number of rotatable bonds is 4. The van der Waals surface area contributed by atoms with E-state index >= 15 is 0 Å². The third-order valence-electron chi connectivity index (χ3n) is 2.44. The zero-order valence-corrected chi connectivity index (χ0v) is 10.4. The number of nitrogens with one attached hydrogen (secondary N) is 2. The highest BCUT2D eigenvalue weighted by atomic mass is 32.2. The molecule has 0 unspecified atom stereocenters. The number of hydrogen-bond acceptors (Lipinski definition) is 4. The van der Waals surface area contributed by atoms with Crippen molar-refractivity contribution in [3.63, 3.8) is 0 Å². The molecule has 2 aromatic heterocycles. The normalized spacial score (nSPS) is 11.9. The van der Waals surface area contributed by atoms with Gasteiger partial charge in [0.1, 0.15) is 4.90 Å². The summed E-state index contributed by atoms with van der Waals surface area (Å²) in [5.74, 6) is 0. The Kier molecular flexibility index (Phi) is 3.30. The summed E-state index contributed by atoms with van der Waals surface area (Å²) in [6.45, 7) is 0.146. The lowest BCUT2D eigenvalue weighted by Gasteiger charge is -2.15. The van der Waals surface area contributed by atoms with Crippen molar-refractivity contribution in [2.75, 3.05) is 7.05 Å². The van der Waals surface area contributed by atoms with Gasteiger partial charge < -0.3 is 4.98 Å². The Balaban J connectivity index is 2.32. The predicted molar refractivity (Wildman–Crippen MR) is 64.3 cm³/mol. The van der Waals surface area contributed by atoms with Crippen LogP contribution in [0.2, 0.25) is 0 Å². The first-order valence-corrected chi connectivity index (χ1v) is 6.57. The molecular formula is C10H12N4O3S. The molecule has 18 heavy (non-hydrogen) atoms. The molecule has 0 aliphatic heterocycles. The van der Waals surface area contributed by atoms with E-state index in [1.165, 1.54) is 31.7 Å². The second kappa shape index (κ2) is 4.75. The molecule has 8 heteroatoms. The summed E-state index contributed by atoms with van der Waals surface area (Å²) in [5, 5.41) is 6.33. The molecule has 0 aromatic carbocycles. The van der Waals surface area contributed by atoms with E-state index < -0.39 is 15.5 Å². The van der Waals surface area contributed by atoms with Gasteiger partial charge in [0, 0.05) is 43.8 Å². The van der Waals surface area contributed by atoms with Crippen LogP contribution in [0.25, 0.3) is 0 Å². The summed E-state index contributed by atoms with van der Waals surface area (Å²) in [6.07, 6.45) is 5.70. The molecule has 0 saturated carbocycles. The predicted octanol–water partition coefficient (Wildman–Crippen LogP) is -0.0813. The second-order valence-electron chi connectivity index (χ2n) is 3.74. The zero-order chi connectivity index (χ0) is 13.2. The van der Waals surface area contributed by atoms with Crippen LogP contribution in [0.1, 0.15) is 5.56 Å². The average Bonchev–Trinajstić information content (AvgIpc) is 2.82. The van der Waals surface area contributed by atoms with Crippen LogP contribution < -0.4 is 5.43 Å². The van der Waals surface area contributed by atoms with Crippen LogP contribution in [-0.2, 0) is 16.6 Å². The van der Waals surface area contributed by atoms with Crippen LogP contribution in [0.5, 0.6) is 0 Å². The fourth-order valence-electron chi connectivity index (χ4n) is 1.48. The number of nitrogens with zero attached hydrogens (tertiary/aromatic N) is 2. The largest absolute Gasteiger partial charge is 0.366 e. The van der Waals surface area contributed by atoms with E-state index in [1.54, 1.807) is 6.20 Å². The molecular weight excluding hydrogens is 256 g/mol. The van der Waals surface area contributed by atoms with Gasteiger partial charge in [-0.15, -0.1) is 0 Å². The SMILES string of the molecule is CN(Cc1cn[nH]c1)S(=O)(=O)c1c[nH]ccc1=O. The van der Waals surface area contributed by atoms with Crippen molar-refractivity contribution < 1.29 is 8.42 Å². The molecule has 0 atom stereocenters. The van der Waals surface area contributed by atoms with Crippen LogP contribution in [-0.4, -0.2) is 35.0 Å². The summed E-state index contributed by atoms with van der Waals surface area (Å²) in [6, 6.07) is 1.18. The standard InChI is InChI=1S/C10H12N4O3S/c1-14(7-8-4-12-13-5-8)18(16,17)10-6-11-3-2-9(10)15/h2-6H,7H2,1H3,(H,11,15)(H,12,13). The molecule has 2 rings (SSSR count). The monoisotopic (exact) mass is 268 g/mol. The molecule has 2 N–H and O–H groups in total. The van der Waals surface area contributed by atoms with Gasteiger partial charge in [0.05, 0.1) is 6.20 Å². The number of aromatic amines is 2. The highest BCUT2D eigenvalue weighted by molar-refractivity contribution is 7.89. The Labute approximate surface area is 104 Å². The van der Waals surface area contributed by atoms with Gasteiger partial charge in [0.15, 0.2) is 0 Å². The quantitative estimate of drug-likeness (QED) is 0.810. The topological polar surface area (TPSA) is 98.9 Å². The Hall–Kier alpha value is -1.93. The molecule has 2 aromatic rings. The summed E-state index contributed by atoms with van der Waals surface area (Å²) >= 11 is 0. The highest BCUT2D eigenvalue weighted by Crippen LogP contribution is 2.11. The van der Waals surface area contributed by atoms with Crippen LogP contribution in [0, 0.1) is 0 Å². The van der Waals surface area contributed by atoms with Gasteiger partial charge in [-0.2, -0.15) is 9.40 Å². The van der Waals surface area contributed by atoms with Crippen molar-refractivity contribution in [1.82, 2.24) is 19.5 Å². The van der Waals surface area contributed by atoms with Crippen molar-refractivity contribution in [3.05, 3.63) is 46.6 Å². The molecule has 0 saturated heterocycles. The lowest BCUT2D eigenvalue weighted by molar-refractivity contribution is 0.466. The van der Waals surface area contributed by atoms with E-state index in [2.05, 4.69) is 15.2 Å². The maximum atomic E-state index is 12.2. The number of sulfonamides is 1. The van der Waals surface area contributed by atoms with Crippen molar-refractivity contribution in [2.45, 2.75) is 11.4 Å². The molecule has 2 heterocycles. The van der Waals surface area contributed by atoms with Gasteiger partial charge in [-0.05, 0) is 0 Å². The van der Waals surface area contributed by atoms with E-state index in [9.17, 15) is 13.2 Å². The van der Waals surface area contributed by atoms with Crippen LogP contribution in [0.4, 0.5) is 0 Å². The first-order valence-electron chi connectivity index (χ1n) is 5.13. The van der Waals surface area contributed by atoms with Gasteiger partial charge in [-0.1, -0.05) is 0 Å². The molecule has 0 radical (unpaired) electrons. The summed E-state index contributed by atoms with van der Waals surface area (Å²) in [5.41, 5.74) is 0.182. The van der Waals surface area contributed by atoms with Crippen molar-refractivity contribution in [1.29, 1.82) is 0 Å². The first kappa shape index (κ1) is 12.5. The molecule has 96 valence electrons. The molecule has 0 aliphatic rings. The van der Waals surface area contributed by atoms with Crippen molar-refractivity contribution >= 4 is 10.0 Å². The average molecular weight is 268 g/mol. The van der Waals surface area contributed by atoms with E-state index in [-0.39, 0.29) is 11.4 Å². The minimum absolute atomic E-state index is 0.146. The van der Waals surface area contributed by atoms with Crippen molar-refractivity contribution in [2.24, 2.45) is 0 Å². The van der Waals surface area contributed by atoms with Gasteiger partial charge in [0.2, 0.25) is 15.5 Å². The summed E-state index contributed by atoms with van der Waals surface area (Å²) in [4.78, 5) is 13.9. The molecule has 0 fully saturated rings. The van der Waals surface area contributed by atoms with Crippen LogP contribution >= 0.6 is 0 Å². The Morgan fingerprint density at radius 1 is 1.39 bits per heavy atom. The number of aromatic nitrogens is 3. The number of hydrogen-bond donors (Lipinski definition) is 2. The van der Waals surface area contributed by atoms with Crippen molar-refractivity contribution in [3.8, 4) is 0 Å². The molecule has 0 bridgehead atoms. The fraction of sp³-hybridized carbons (Fsp3) is 0.200. The second-order valence-corrected chi connectivity index (χ2v) is 5.75. The van der Waals surface area contributed by atoms with Gasteiger partial charge in [-0.3, -0.25) is 9.89 Å². The van der Waals surface area contributed by atoms with E-state index in [0.717, 1.165) is 4.31 Å². The Morgan fingerprint density at radius 2 is 2.17 bits per heavy atom. The van der Waals surface area contributed by atoms with Crippen LogP contribution in [0.15, 0.2) is 40.5 Å². The molecule has 7 nitrogen and oxygen atoms in total. The third-order valence-corrected chi connectivity index (χ3v) is 4.26. The maximum Gasteiger partial charge on any atom is 0.248 e. The molecule has 0 aliphatic carbocycles. The van der Waals surface area contributed by atoms with Gasteiger partial charge in [0.25, 0.3) is 0 Å². The van der Waals surface area contributed by atoms with E-state index in [0.29, 0.717) is 5.56 Å². The van der Waals surface area contributed by atoms with Gasteiger partial charge >= 0.3 is 0 Å². The summed E-state index contributed by atoms with van der Waals surface area (Å²) < 4.78 is 25.4. The minimum atomic E-state index is -3.80. The molecule has 0 amide bonds. The smallest absolute Gasteiger partial charge is 0.248 e. The van der Waals surface area contributed by atoms with E-state index in [1.807, 2.05) is 0 Å². The lowest BCUT2D eigenvalue weighted by Crippen LogP contribution is -2.30. The number of H-pyrrole nitrogens is 2. The Bertz CT molecular complexity index is 675. The highest BCUT2D eigenvalue weighted by Gasteiger charge is 2.23. The summed E-state index contributed by atoms with van der Waals surface area (Å²) in [7, 11) is -2.39. The number of pyridine rings is 1. The Morgan fingerprint density at radius 3 is 2.78 bits per heavy atom. The lowest BCUT2D eigenvalue weighted by atomic mass is 10.4. The van der Waals surface area contributed by atoms with E-state index in [4.69, 9.17) is 0 Å². The van der Waals surface area contributed by atoms with Gasteiger partial charge in [-0.25, -0.2) is 8.42 Å². The fourth-order valence-corrected chi connectivity index (χ4v) is 2.67.